The summed E-state index contributed by atoms with van der Waals surface area (Å²) in [4.78, 5) is 27.5. The van der Waals surface area contributed by atoms with Crippen molar-refractivity contribution in [2.45, 2.75) is 25.8 Å². The van der Waals surface area contributed by atoms with Gasteiger partial charge in [0.25, 0.3) is 5.56 Å². The van der Waals surface area contributed by atoms with Gasteiger partial charge in [-0.25, -0.2) is 14.4 Å². The molecular formula is C24H22FN5O. The molecule has 2 bridgehead atoms. The molecule has 6 nitrogen and oxygen atoms in total. The van der Waals surface area contributed by atoms with Crippen LogP contribution in [-0.2, 0) is 6.54 Å². The van der Waals surface area contributed by atoms with E-state index in [9.17, 15) is 9.18 Å². The van der Waals surface area contributed by atoms with E-state index in [-0.39, 0.29) is 17.3 Å². The van der Waals surface area contributed by atoms with Crippen molar-refractivity contribution in [2.24, 2.45) is 5.92 Å². The molecule has 3 aromatic heterocycles. The number of benzene rings is 1. The van der Waals surface area contributed by atoms with Gasteiger partial charge in [0.15, 0.2) is 0 Å². The smallest absolute Gasteiger partial charge is 0.261 e. The Morgan fingerprint density at radius 1 is 1.13 bits per heavy atom. The second kappa shape index (κ2) is 6.77. The average molecular weight is 415 g/mol. The quantitative estimate of drug-likeness (QED) is 0.540. The van der Waals surface area contributed by atoms with Gasteiger partial charge in [0.2, 0.25) is 0 Å². The minimum absolute atomic E-state index is 0.0192. The number of aromatic amines is 1. The zero-order valence-corrected chi connectivity index (χ0v) is 17.2. The molecule has 0 amide bonds. The highest BCUT2D eigenvalue weighted by molar-refractivity contribution is 5.84. The molecule has 2 atom stereocenters. The van der Waals surface area contributed by atoms with E-state index in [2.05, 4.69) is 27.0 Å². The van der Waals surface area contributed by atoms with Crippen LogP contribution in [0.25, 0.3) is 22.3 Å². The summed E-state index contributed by atoms with van der Waals surface area (Å²) in [5.41, 5.74) is 3.48. The average Bonchev–Trinajstić information content (AvgIpc) is 3.28. The summed E-state index contributed by atoms with van der Waals surface area (Å²) in [7, 11) is 0. The third-order valence-corrected chi connectivity index (χ3v) is 6.65. The van der Waals surface area contributed by atoms with Gasteiger partial charge in [-0.3, -0.25) is 4.79 Å². The first-order chi connectivity index (χ1) is 15.1. The summed E-state index contributed by atoms with van der Waals surface area (Å²) < 4.78 is 15.7. The van der Waals surface area contributed by atoms with Crippen LogP contribution in [0.4, 0.5) is 10.2 Å². The third kappa shape index (κ3) is 2.95. The van der Waals surface area contributed by atoms with Crippen molar-refractivity contribution < 1.29 is 4.39 Å². The van der Waals surface area contributed by atoms with Gasteiger partial charge in [0, 0.05) is 55.1 Å². The van der Waals surface area contributed by atoms with E-state index < -0.39 is 0 Å². The summed E-state index contributed by atoms with van der Waals surface area (Å²) >= 11 is 0. The molecule has 1 N–H and O–H groups in total. The van der Waals surface area contributed by atoms with E-state index >= 15 is 0 Å². The molecule has 1 saturated heterocycles. The Balaban J connectivity index is 1.37. The van der Waals surface area contributed by atoms with Gasteiger partial charge in [0.05, 0.1) is 11.1 Å². The Bertz CT molecular complexity index is 1360. The summed E-state index contributed by atoms with van der Waals surface area (Å²) in [6, 6.07) is 10.8. The van der Waals surface area contributed by atoms with Crippen molar-refractivity contribution >= 4 is 16.7 Å². The number of H-pyrrole nitrogens is 1. The number of piperidine rings is 1. The molecule has 0 aliphatic carbocycles. The summed E-state index contributed by atoms with van der Waals surface area (Å²) in [6.07, 6.45) is 4.46. The Hall–Kier alpha value is -3.48. The molecule has 2 aliphatic heterocycles. The number of aryl methyl sites for hydroxylation is 1. The Labute approximate surface area is 178 Å². The number of imidazole rings is 1. The Kier molecular flexibility index (Phi) is 4.00. The second-order valence-corrected chi connectivity index (χ2v) is 8.69. The van der Waals surface area contributed by atoms with Crippen molar-refractivity contribution in [1.82, 2.24) is 19.5 Å². The maximum Gasteiger partial charge on any atom is 0.261 e. The number of aromatic nitrogens is 4. The molecule has 0 saturated carbocycles. The zero-order valence-electron chi connectivity index (χ0n) is 17.2. The molecule has 1 fully saturated rings. The number of anilines is 1. The lowest BCUT2D eigenvalue weighted by molar-refractivity contribution is 0.281. The number of nitrogens with zero attached hydrogens (tertiary/aromatic N) is 4. The van der Waals surface area contributed by atoms with Crippen molar-refractivity contribution in [3.8, 4) is 11.4 Å². The van der Waals surface area contributed by atoms with E-state index in [0.29, 0.717) is 29.4 Å². The molecule has 0 unspecified atom stereocenters. The van der Waals surface area contributed by atoms with Crippen molar-refractivity contribution in [1.29, 1.82) is 0 Å². The molecule has 5 heterocycles. The number of hydrogen-bond acceptors (Lipinski definition) is 4. The summed E-state index contributed by atoms with van der Waals surface area (Å²) in [6.45, 7) is 4.36. The van der Waals surface area contributed by atoms with Crippen molar-refractivity contribution in [2.75, 3.05) is 18.0 Å². The number of rotatable bonds is 2. The fourth-order valence-corrected chi connectivity index (χ4v) is 5.25. The van der Waals surface area contributed by atoms with Gasteiger partial charge in [-0.15, -0.1) is 0 Å². The number of pyridine rings is 2. The lowest BCUT2D eigenvalue weighted by Gasteiger charge is -2.43. The van der Waals surface area contributed by atoms with Crippen LogP contribution in [0.2, 0.25) is 0 Å². The monoisotopic (exact) mass is 415 g/mol. The minimum Gasteiger partial charge on any atom is -0.356 e. The van der Waals surface area contributed by atoms with E-state index in [1.165, 1.54) is 12.1 Å². The lowest BCUT2D eigenvalue weighted by atomic mass is 9.83. The first kappa shape index (κ1) is 18.3. The molecule has 7 heteroatoms. The molecule has 1 aromatic carbocycles. The highest BCUT2D eigenvalue weighted by atomic mass is 19.1. The Morgan fingerprint density at radius 3 is 2.87 bits per heavy atom. The van der Waals surface area contributed by atoms with Crippen LogP contribution in [-0.4, -0.2) is 32.6 Å². The van der Waals surface area contributed by atoms with E-state index in [1.807, 2.05) is 17.6 Å². The predicted molar refractivity (Wildman–Crippen MR) is 118 cm³/mol. The molecule has 0 radical (unpaired) electrons. The van der Waals surface area contributed by atoms with Gasteiger partial charge in [-0.1, -0.05) is 0 Å². The molecule has 4 aromatic rings. The van der Waals surface area contributed by atoms with Crippen LogP contribution in [0.1, 0.15) is 23.6 Å². The highest BCUT2D eigenvalue weighted by Gasteiger charge is 2.35. The van der Waals surface area contributed by atoms with Gasteiger partial charge >= 0.3 is 0 Å². The van der Waals surface area contributed by atoms with E-state index in [0.717, 1.165) is 42.0 Å². The van der Waals surface area contributed by atoms with Crippen LogP contribution in [0, 0.1) is 18.7 Å². The SMILES string of the molecule is Cc1cc(N2C[C@@H]3C[C@H](C2)c2ccc(-c4ncc[nH]4)c(=O)n2C3)nc2cc(F)ccc12. The third-order valence-electron chi connectivity index (χ3n) is 6.65. The van der Waals surface area contributed by atoms with E-state index in [1.54, 1.807) is 18.5 Å². The minimum atomic E-state index is -0.271. The predicted octanol–water partition coefficient (Wildman–Crippen LogP) is 3.86. The maximum atomic E-state index is 13.8. The molecule has 6 rings (SSSR count). The number of hydrogen-bond donors (Lipinski definition) is 1. The van der Waals surface area contributed by atoms with Crippen molar-refractivity contribution in [3.05, 3.63) is 76.2 Å². The molecule has 156 valence electrons. The standard InChI is InChI=1S/C24H22FN5O/c1-14-8-22(28-20-10-17(25)2-3-18(14)20)29-11-15-9-16(13-29)21-5-4-19(23-26-6-7-27-23)24(31)30(21)12-15/h2-8,10,15-16H,9,11-13H2,1H3,(H,26,27)/t15-,16+/m0/s1. The van der Waals surface area contributed by atoms with E-state index in [4.69, 9.17) is 4.98 Å². The molecular weight excluding hydrogens is 393 g/mol. The largest absolute Gasteiger partial charge is 0.356 e. The lowest BCUT2D eigenvalue weighted by Crippen LogP contribution is -2.47. The fourth-order valence-electron chi connectivity index (χ4n) is 5.25. The first-order valence-electron chi connectivity index (χ1n) is 10.6. The van der Waals surface area contributed by atoms with Crippen LogP contribution >= 0.6 is 0 Å². The topological polar surface area (TPSA) is 66.8 Å². The van der Waals surface area contributed by atoms with Crippen LogP contribution < -0.4 is 10.5 Å². The maximum absolute atomic E-state index is 13.8. The highest BCUT2D eigenvalue weighted by Crippen LogP contribution is 2.37. The molecule has 31 heavy (non-hydrogen) atoms. The van der Waals surface area contributed by atoms with Gasteiger partial charge < -0.3 is 14.5 Å². The zero-order chi connectivity index (χ0) is 21.1. The fraction of sp³-hybridized carbons (Fsp3) is 0.292. The molecule has 2 aliphatic rings. The van der Waals surface area contributed by atoms with Gasteiger partial charge in [0.1, 0.15) is 17.5 Å². The number of fused-ring (bicyclic) bond motifs is 5. The van der Waals surface area contributed by atoms with Crippen LogP contribution in [0.5, 0.6) is 0 Å². The van der Waals surface area contributed by atoms with Crippen LogP contribution in [0.3, 0.4) is 0 Å². The normalized spacial score (nSPS) is 20.1. The van der Waals surface area contributed by atoms with Gasteiger partial charge in [-0.2, -0.15) is 0 Å². The first-order valence-corrected chi connectivity index (χ1v) is 10.6. The number of nitrogens with one attached hydrogen (secondary N) is 1. The number of halogens is 1. The second-order valence-electron chi connectivity index (χ2n) is 8.69. The van der Waals surface area contributed by atoms with Crippen LogP contribution in [0.15, 0.2) is 53.6 Å². The van der Waals surface area contributed by atoms with Gasteiger partial charge in [-0.05, 0) is 55.2 Å². The van der Waals surface area contributed by atoms with Crippen molar-refractivity contribution in [3.63, 3.8) is 0 Å². The molecule has 0 spiro atoms. The summed E-state index contributed by atoms with van der Waals surface area (Å²) in [5, 5.41) is 0.977. The summed E-state index contributed by atoms with van der Waals surface area (Å²) in [5.74, 6) is 1.85. The Morgan fingerprint density at radius 2 is 2.03 bits per heavy atom.